The fourth-order valence-electron chi connectivity index (χ4n) is 3.45. The Kier molecular flexibility index (Phi) is 5.98. The molecule has 0 saturated carbocycles. The van der Waals surface area contributed by atoms with E-state index in [1.54, 1.807) is 0 Å². The molecule has 2 saturated heterocycles. The Balaban J connectivity index is 1.89. The molecule has 0 spiro atoms. The number of morpholine rings is 1. The summed E-state index contributed by atoms with van der Waals surface area (Å²) in [5, 5.41) is 3.28. The molecule has 122 valence electrons. The number of nitrogens with one attached hydrogen (secondary N) is 1. The predicted molar refractivity (Wildman–Crippen MR) is 81.3 cm³/mol. The SMILES string of the molecule is CCNC(C)(CN1CCC(N2CCOCC2)C1)C(=O)OC. The van der Waals surface area contributed by atoms with Gasteiger partial charge < -0.3 is 14.8 Å². The van der Waals surface area contributed by atoms with Crippen LogP contribution in [0.3, 0.4) is 0 Å². The highest BCUT2D eigenvalue weighted by atomic mass is 16.5. The second-order valence-electron chi connectivity index (χ2n) is 6.18. The van der Waals surface area contributed by atoms with E-state index in [0.29, 0.717) is 12.6 Å². The minimum Gasteiger partial charge on any atom is -0.468 e. The number of carbonyl (C=O) groups excluding carboxylic acids is 1. The van der Waals surface area contributed by atoms with E-state index in [0.717, 1.165) is 45.9 Å². The molecule has 0 amide bonds. The molecule has 21 heavy (non-hydrogen) atoms. The first-order chi connectivity index (χ1) is 10.1. The number of carbonyl (C=O) groups is 1. The van der Waals surface area contributed by atoms with Crippen molar-refractivity contribution in [3.05, 3.63) is 0 Å². The second kappa shape index (κ2) is 7.54. The van der Waals surface area contributed by atoms with Crippen molar-refractivity contribution in [2.24, 2.45) is 0 Å². The van der Waals surface area contributed by atoms with E-state index in [-0.39, 0.29) is 5.97 Å². The van der Waals surface area contributed by atoms with E-state index in [1.807, 2.05) is 13.8 Å². The summed E-state index contributed by atoms with van der Waals surface area (Å²) in [6.45, 7) is 11.2. The van der Waals surface area contributed by atoms with Gasteiger partial charge in [-0.05, 0) is 26.4 Å². The average molecular weight is 299 g/mol. The Morgan fingerprint density at radius 1 is 1.38 bits per heavy atom. The van der Waals surface area contributed by atoms with Crippen LogP contribution in [0.1, 0.15) is 20.3 Å². The van der Waals surface area contributed by atoms with Gasteiger partial charge in [-0.2, -0.15) is 0 Å². The number of likely N-dealkylation sites (N-methyl/N-ethyl adjacent to an activating group) is 1. The predicted octanol–water partition coefficient (Wildman–Crippen LogP) is -0.0659. The number of ether oxygens (including phenoxy) is 2. The fraction of sp³-hybridized carbons (Fsp3) is 0.933. The molecule has 2 rings (SSSR count). The van der Waals surface area contributed by atoms with Gasteiger partial charge >= 0.3 is 5.97 Å². The second-order valence-corrected chi connectivity index (χ2v) is 6.18. The van der Waals surface area contributed by atoms with E-state index in [4.69, 9.17) is 9.47 Å². The smallest absolute Gasteiger partial charge is 0.327 e. The first kappa shape index (κ1) is 16.7. The summed E-state index contributed by atoms with van der Waals surface area (Å²) >= 11 is 0. The molecule has 2 aliphatic heterocycles. The summed E-state index contributed by atoms with van der Waals surface area (Å²) < 4.78 is 10.4. The van der Waals surface area contributed by atoms with Gasteiger partial charge in [0.2, 0.25) is 0 Å². The molecule has 0 bridgehead atoms. The Morgan fingerprint density at radius 3 is 2.71 bits per heavy atom. The van der Waals surface area contributed by atoms with Gasteiger partial charge in [0, 0.05) is 32.2 Å². The first-order valence-corrected chi connectivity index (χ1v) is 7.96. The summed E-state index contributed by atoms with van der Waals surface area (Å²) in [4.78, 5) is 17.0. The number of methoxy groups -OCH3 is 1. The molecule has 0 aromatic carbocycles. The summed E-state index contributed by atoms with van der Waals surface area (Å²) in [6.07, 6.45) is 1.17. The van der Waals surface area contributed by atoms with Crippen LogP contribution in [0.15, 0.2) is 0 Å². The quantitative estimate of drug-likeness (QED) is 0.693. The van der Waals surface area contributed by atoms with E-state index >= 15 is 0 Å². The Bertz CT molecular complexity index is 347. The molecular formula is C15H29N3O3. The Morgan fingerprint density at radius 2 is 2.10 bits per heavy atom. The molecule has 2 fully saturated rings. The third-order valence-corrected chi connectivity index (χ3v) is 4.55. The molecule has 1 N–H and O–H groups in total. The molecule has 2 aliphatic rings. The minimum atomic E-state index is -0.622. The van der Waals surface area contributed by atoms with E-state index < -0.39 is 5.54 Å². The average Bonchev–Trinajstić information content (AvgIpc) is 2.95. The zero-order valence-corrected chi connectivity index (χ0v) is 13.6. The van der Waals surface area contributed by atoms with Crippen LogP contribution < -0.4 is 5.32 Å². The third kappa shape index (κ3) is 4.16. The maximum atomic E-state index is 12.1. The molecule has 6 heteroatoms. The van der Waals surface area contributed by atoms with Crippen molar-refractivity contribution in [3.63, 3.8) is 0 Å². The lowest BCUT2D eigenvalue weighted by molar-refractivity contribution is -0.148. The van der Waals surface area contributed by atoms with Crippen molar-refractivity contribution < 1.29 is 14.3 Å². The first-order valence-electron chi connectivity index (χ1n) is 7.96. The maximum Gasteiger partial charge on any atom is 0.327 e. The highest BCUT2D eigenvalue weighted by Crippen LogP contribution is 2.20. The topological polar surface area (TPSA) is 54.0 Å². The normalized spacial score (nSPS) is 27.5. The molecule has 0 aliphatic carbocycles. The van der Waals surface area contributed by atoms with Crippen molar-refractivity contribution >= 4 is 5.97 Å². The summed E-state index contributed by atoms with van der Waals surface area (Å²) in [5.41, 5.74) is -0.622. The minimum absolute atomic E-state index is 0.181. The highest BCUT2D eigenvalue weighted by Gasteiger charge is 2.38. The molecule has 0 aromatic rings. The van der Waals surface area contributed by atoms with Crippen LogP contribution in [-0.2, 0) is 14.3 Å². The maximum absolute atomic E-state index is 12.1. The fourth-order valence-corrected chi connectivity index (χ4v) is 3.45. The molecule has 2 heterocycles. The number of likely N-dealkylation sites (tertiary alicyclic amines) is 1. The lowest BCUT2D eigenvalue weighted by Crippen LogP contribution is -2.57. The van der Waals surface area contributed by atoms with Crippen molar-refractivity contribution in [1.82, 2.24) is 15.1 Å². The van der Waals surface area contributed by atoms with Crippen LogP contribution in [0.25, 0.3) is 0 Å². The van der Waals surface area contributed by atoms with Gasteiger partial charge in [-0.15, -0.1) is 0 Å². The molecule has 6 nitrogen and oxygen atoms in total. The largest absolute Gasteiger partial charge is 0.468 e. The van der Waals surface area contributed by atoms with Crippen LogP contribution in [-0.4, -0.2) is 86.9 Å². The van der Waals surface area contributed by atoms with Crippen LogP contribution in [0.2, 0.25) is 0 Å². The molecular weight excluding hydrogens is 270 g/mol. The van der Waals surface area contributed by atoms with Gasteiger partial charge in [-0.3, -0.25) is 14.6 Å². The van der Waals surface area contributed by atoms with E-state index in [1.165, 1.54) is 13.5 Å². The van der Waals surface area contributed by atoms with Gasteiger partial charge in [0.1, 0.15) is 5.54 Å². The monoisotopic (exact) mass is 299 g/mol. The summed E-state index contributed by atoms with van der Waals surface area (Å²) in [7, 11) is 1.46. The third-order valence-electron chi connectivity index (χ3n) is 4.55. The van der Waals surface area contributed by atoms with Gasteiger partial charge in [0.25, 0.3) is 0 Å². The molecule has 0 radical (unpaired) electrons. The number of hydrogen-bond acceptors (Lipinski definition) is 6. The molecule has 0 aromatic heterocycles. The zero-order valence-electron chi connectivity index (χ0n) is 13.6. The van der Waals surface area contributed by atoms with Gasteiger partial charge in [0.15, 0.2) is 0 Å². The van der Waals surface area contributed by atoms with Crippen LogP contribution >= 0.6 is 0 Å². The van der Waals surface area contributed by atoms with Crippen LogP contribution in [0, 0.1) is 0 Å². The standard InChI is InChI=1S/C15H29N3O3/c1-4-16-15(2,14(19)20-3)12-17-6-5-13(11-17)18-7-9-21-10-8-18/h13,16H,4-12H2,1-3H3. The number of rotatable bonds is 6. The molecule has 2 atom stereocenters. The number of hydrogen-bond donors (Lipinski definition) is 1. The van der Waals surface area contributed by atoms with Crippen molar-refractivity contribution in [2.45, 2.75) is 31.8 Å². The Hall–Kier alpha value is -0.690. The number of nitrogens with zero attached hydrogens (tertiary/aromatic N) is 2. The summed E-state index contributed by atoms with van der Waals surface area (Å²) in [6, 6.07) is 0.595. The number of esters is 1. The zero-order chi connectivity index (χ0) is 15.3. The van der Waals surface area contributed by atoms with Crippen molar-refractivity contribution in [3.8, 4) is 0 Å². The van der Waals surface area contributed by atoms with Crippen molar-refractivity contribution in [1.29, 1.82) is 0 Å². The Labute approximate surface area is 127 Å². The van der Waals surface area contributed by atoms with E-state index in [9.17, 15) is 4.79 Å². The van der Waals surface area contributed by atoms with Crippen LogP contribution in [0.5, 0.6) is 0 Å². The van der Waals surface area contributed by atoms with Gasteiger partial charge in [-0.25, -0.2) is 0 Å². The van der Waals surface area contributed by atoms with Gasteiger partial charge in [-0.1, -0.05) is 6.92 Å². The molecule has 2 unspecified atom stereocenters. The van der Waals surface area contributed by atoms with Crippen molar-refractivity contribution in [2.75, 3.05) is 59.6 Å². The van der Waals surface area contributed by atoms with E-state index in [2.05, 4.69) is 15.1 Å². The lowest BCUT2D eigenvalue weighted by Gasteiger charge is -2.34. The summed E-state index contributed by atoms with van der Waals surface area (Å²) in [5.74, 6) is -0.181. The highest BCUT2D eigenvalue weighted by molar-refractivity contribution is 5.80. The van der Waals surface area contributed by atoms with Gasteiger partial charge in [0.05, 0.1) is 20.3 Å². The van der Waals surface area contributed by atoms with Crippen LogP contribution in [0.4, 0.5) is 0 Å². The lowest BCUT2D eigenvalue weighted by atomic mass is 10.0.